The Kier molecular flexibility index (Phi) is 5.79. The van der Waals surface area contributed by atoms with Gasteiger partial charge in [-0.05, 0) is 49.3 Å². The zero-order valence-corrected chi connectivity index (χ0v) is 14.6. The van der Waals surface area contributed by atoms with E-state index in [2.05, 4.69) is 26.6 Å². The second kappa shape index (κ2) is 8.02. The van der Waals surface area contributed by atoms with Gasteiger partial charge in [-0.2, -0.15) is 0 Å². The number of nitrogens with one attached hydrogen (secondary N) is 2. The van der Waals surface area contributed by atoms with Crippen molar-refractivity contribution in [1.29, 1.82) is 0 Å². The molecule has 0 spiro atoms. The maximum absolute atomic E-state index is 6.02. The molecule has 0 radical (unpaired) electrons. The summed E-state index contributed by atoms with van der Waals surface area (Å²) in [5.74, 6) is 1.82. The maximum Gasteiger partial charge on any atom is 0.191 e. The highest BCUT2D eigenvalue weighted by Crippen LogP contribution is 2.34. The molecule has 3 rings (SSSR count). The van der Waals surface area contributed by atoms with E-state index in [1.807, 2.05) is 25.2 Å². The Bertz CT molecular complexity index is 538. The molecule has 2 N–H and O–H groups in total. The van der Waals surface area contributed by atoms with E-state index in [4.69, 9.17) is 11.6 Å². The number of hydrogen-bond acceptors (Lipinski definition) is 2. The lowest BCUT2D eigenvalue weighted by Crippen LogP contribution is -2.42. The number of hydrogen-bond donors (Lipinski definition) is 2. The van der Waals surface area contributed by atoms with Crippen LogP contribution in [0.4, 0.5) is 0 Å². The summed E-state index contributed by atoms with van der Waals surface area (Å²) in [6.45, 7) is 4.08. The van der Waals surface area contributed by atoms with Crippen molar-refractivity contribution in [1.82, 2.24) is 15.5 Å². The molecule has 0 amide bonds. The first-order valence-electron chi connectivity index (χ1n) is 8.67. The van der Waals surface area contributed by atoms with E-state index >= 15 is 0 Å². The van der Waals surface area contributed by atoms with Gasteiger partial charge >= 0.3 is 0 Å². The van der Waals surface area contributed by atoms with Crippen LogP contribution in [0, 0.1) is 5.92 Å². The van der Waals surface area contributed by atoms with E-state index in [-0.39, 0.29) is 0 Å². The van der Waals surface area contributed by atoms with Crippen LogP contribution in [-0.2, 0) is 6.54 Å². The maximum atomic E-state index is 6.02. The standard InChI is InChI=1S/C18H27ClN4/c1-20-18(22-12-15-3-2-4-16(19)11-15)21-9-10-23(17-7-8-17)13-14-5-6-14/h2-4,11,14,17H,5-10,12-13H2,1H3,(H2,20,21,22). The molecule has 126 valence electrons. The van der Waals surface area contributed by atoms with Crippen LogP contribution in [0.3, 0.4) is 0 Å². The highest BCUT2D eigenvalue weighted by Gasteiger charge is 2.33. The van der Waals surface area contributed by atoms with Crippen molar-refractivity contribution < 1.29 is 0 Å². The number of halogens is 1. The molecule has 23 heavy (non-hydrogen) atoms. The SMILES string of the molecule is CN=C(NCCN(CC1CC1)C1CC1)NCc1cccc(Cl)c1. The van der Waals surface area contributed by atoms with Gasteiger partial charge in [0.15, 0.2) is 5.96 Å². The molecule has 2 aliphatic rings. The molecule has 0 saturated heterocycles. The van der Waals surface area contributed by atoms with Crippen LogP contribution in [0.15, 0.2) is 29.3 Å². The van der Waals surface area contributed by atoms with Crippen LogP contribution in [-0.4, -0.2) is 43.6 Å². The van der Waals surface area contributed by atoms with Gasteiger partial charge in [-0.1, -0.05) is 23.7 Å². The first-order valence-corrected chi connectivity index (χ1v) is 9.05. The van der Waals surface area contributed by atoms with Gasteiger partial charge in [0.05, 0.1) is 0 Å². The highest BCUT2D eigenvalue weighted by molar-refractivity contribution is 6.30. The molecule has 0 aliphatic heterocycles. The minimum Gasteiger partial charge on any atom is -0.355 e. The second-order valence-corrected chi connectivity index (χ2v) is 7.09. The van der Waals surface area contributed by atoms with Crippen LogP contribution in [0.1, 0.15) is 31.2 Å². The van der Waals surface area contributed by atoms with E-state index in [1.165, 1.54) is 32.2 Å². The minimum absolute atomic E-state index is 0.731. The number of rotatable bonds is 8. The summed E-state index contributed by atoms with van der Waals surface area (Å²) >= 11 is 6.02. The summed E-state index contributed by atoms with van der Waals surface area (Å²) in [7, 11) is 1.82. The Hall–Kier alpha value is -1.26. The number of aliphatic imine (C=N–C) groups is 1. The van der Waals surface area contributed by atoms with Crippen molar-refractivity contribution in [3.05, 3.63) is 34.9 Å². The van der Waals surface area contributed by atoms with Gasteiger partial charge in [0.25, 0.3) is 0 Å². The van der Waals surface area contributed by atoms with Gasteiger partial charge in [0, 0.05) is 44.3 Å². The molecular weight excluding hydrogens is 308 g/mol. The third-order valence-electron chi connectivity index (χ3n) is 4.52. The summed E-state index contributed by atoms with van der Waals surface area (Å²) in [5.41, 5.74) is 1.16. The zero-order valence-electron chi connectivity index (χ0n) is 13.9. The summed E-state index contributed by atoms with van der Waals surface area (Å²) in [6.07, 6.45) is 5.63. The average molecular weight is 335 g/mol. The molecular formula is C18H27ClN4. The Morgan fingerprint density at radius 2 is 2.09 bits per heavy atom. The molecule has 1 aromatic carbocycles. The van der Waals surface area contributed by atoms with E-state index < -0.39 is 0 Å². The van der Waals surface area contributed by atoms with Crippen molar-refractivity contribution in [3.63, 3.8) is 0 Å². The van der Waals surface area contributed by atoms with Crippen LogP contribution in [0.5, 0.6) is 0 Å². The number of guanidine groups is 1. The van der Waals surface area contributed by atoms with Gasteiger partial charge in [-0.15, -0.1) is 0 Å². The fourth-order valence-electron chi connectivity index (χ4n) is 2.87. The van der Waals surface area contributed by atoms with Crippen molar-refractivity contribution in [2.75, 3.05) is 26.7 Å². The molecule has 0 unspecified atom stereocenters. The normalized spacial score (nSPS) is 18.3. The molecule has 0 bridgehead atoms. The molecule has 5 heteroatoms. The molecule has 0 aromatic heterocycles. The van der Waals surface area contributed by atoms with E-state index in [0.717, 1.165) is 48.1 Å². The fourth-order valence-corrected chi connectivity index (χ4v) is 3.08. The molecule has 0 atom stereocenters. The third kappa shape index (κ3) is 5.70. The monoisotopic (exact) mass is 334 g/mol. The van der Waals surface area contributed by atoms with Crippen molar-refractivity contribution in [2.24, 2.45) is 10.9 Å². The second-order valence-electron chi connectivity index (χ2n) is 6.65. The first-order chi connectivity index (χ1) is 11.2. The smallest absolute Gasteiger partial charge is 0.191 e. The Morgan fingerprint density at radius 3 is 2.74 bits per heavy atom. The highest BCUT2D eigenvalue weighted by atomic mass is 35.5. The lowest BCUT2D eigenvalue weighted by molar-refractivity contribution is 0.256. The van der Waals surface area contributed by atoms with Crippen LogP contribution >= 0.6 is 11.6 Å². The predicted molar refractivity (Wildman–Crippen MR) is 97.0 cm³/mol. The lowest BCUT2D eigenvalue weighted by atomic mass is 10.2. The number of benzene rings is 1. The van der Waals surface area contributed by atoms with E-state index in [0.29, 0.717) is 0 Å². The Morgan fingerprint density at radius 1 is 1.26 bits per heavy atom. The van der Waals surface area contributed by atoms with Crippen LogP contribution in [0.2, 0.25) is 5.02 Å². The summed E-state index contributed by atoms with van der Waals surface area (Å²) in [4.78, 5) is 6.96. The van der Waals surface area contributed by atoms with E-state index in [1.54, 1.807) is 0 Å². The van der Waals surface area contributed by atoms with Gasteiger partial charge in [-0.25, -0.2) is 0 Å². The fraction of sp³-hybridized carbons (Fsp3) is 0.611. The lowest BCUT2D eigenvalue weighted by Gasteiger charge is -2.22. The minimum atomic E-state index is 0.731. The van der Waals surface area contributed by atoms with Crippen molar-refractivity contribution >= 4 is 17.6 Å². The topological polar surface area (TPSA) is 39.7 Å². The third-order valence-corrected chi connectivity index (χ3v) is 4.75. The molecule has 1 aromatic rings. The molecule has 2 saturated carbocycles. The van der Waals surface area contributed by atoms with Gasteiger partial charge in [0.1, 0.15) is 0 Å². The largest absolute Gasteiger partial charge is 0.355 e. The number of nitrogens with zero attached hydrogens (tertiary/aromatic N) is 2. The average Bonchev–Trinajstić information content (AvgIpc) is 3.43. The van der Waals surface area contributed by atoms with Gasteiger partial charge in [-0.3, -0.25) is 9.89 Å². The summed E-state index contributed by atoms with van der Waals surface area (Å²) in [5, 5.41) is 7.54. The molecule has 4 nitrogen and oxygen atoms in total. The van der Waals surface area contributed by atoms with Gasteiger partial charge in [0.2, 0.25) is 0 Å². The molecule has 0 heterocycles. The first kappa shape index (κ1) is 16.6. The van der Waals surface area contributed by atoms with Crippen molar-refractivity contribution in [3.8, 4) is 0 Å². The predicted octanol–water partition coefficient (Wildman–Crippen LogP) is 2.88. The van der Waals surface area contributed by atoms with Crippen LogP contribution in [0.25, 0.3) is 0 Å². The molecule has 2 fully saturated rings. The summed E-state index contributed by atoms with van der Waals surface area (Å²) < 4.78 is 0. The molecule has 2 aliphatic carbocycles. The van der Waals surface area contributed by atoms with Crippen LogP contribution < -0.4 is 10.6 Å². The van der Waals surface area contributed by atoms with Crippen molar-refractivity contribution in [2.45, 2.75) is 38.3 Å². The zero-order chi connectivity index (χ0) is 16.1. The van der Waals surface area contributed by atoms with E-state index in [9.17, 15) is 0 Å². The summed E-state index contributed by atoms with van der Waals surface area (Å²) in [6, 6.07) is 8.76. The Labute approximate surface area is 144 Å². The Balaban J connectivity index is 1.38. The van der Waals surface area contributed by atoms with Gasteiger partial charge < -0.3 is 10.6 Å². The quantitative estimate of drug-likeness (QED) is 0.567.